The fourth-order valence-corrected chi connectivity index (χ4v) is 11.2. The van der Waals surface area contributed by atoms with Crippen molar-refractivity contribution in [3.05, 3.63) is 200 Å². The van der Waals surface area contributed by atoms with Crippen molar-refractivity contribution < 1.29 is 53.1 Å². The highest BCUT2D eigenvalue weighted by atomic mass is 32.2. The van der Waals surface area contributed by atoms with Crippen molar-refractivity contribution in [2.45, 2.75) is 14.7 Å². The van der Waals surface area contributed by atoms with Crippen LogP contribution in [0, 0.1) is 0 Å². The number of nitrogens with zero attached hydrogens (tertiary/aromatic N) is 6. The molecule has 384 valence electrons. The van der Waals surface area contributed by atoms with Gasteiger partial charge in [-0.05, 0) is 84.9 Å². The van der Waals surface area contributed by atoms with Gasteiger partial charge in [-0.2, -0.15) is 25.3 Å². The van der Waals surface area contributed by atoms with Crippen LogP contribution in [0.25, 0.3) is 34.2 Å². The molecule has 0 fully saturated rings. The highest BCUT2D eigenvalue weighted by Crippen LogP contribution is 2.63. The van der Waals surface area contributed by atoms with Crippen molar-refractivity contribution in [3.63, 3.8) is 0 Å². The number of hydrogen-bond acceptors (Lipinski definition) is 15. The first-order valence-electron chi connectivity index (χ1n) is 23.7. The monoisotopic (exact) mass is 1090 g/mol. The number of ether oxygens (including phenoxy) is 3. The van der Waals surface area contributed by atoms with Crippen LogP contribution in [0.4, 0.5) is 51.2 Å². The van der Waals surface area contributed by atoms with Crippen LogP contribution in [-0.2, 0) is 30.4 Å². The molecule has 1 aromatic heterocycles. The first kappa shape index (κ1) is 48.2. The standard InChI is InChI=1S/C57H36N6O12S3/c64-76(65,66)37-23-26-43-51(31-37)75-52-32-38(77(67,68)69)24-27-44(52)62(43)47-30-36(57-59-55(34-13-3-1-4-14-34)58-56(60-57)35-15-5-2-6-16-35)29-46(61-40-17-7-10-20-48(40)73-49-21-11-8-18-41(49)61)54(47)63-42-19-9-12-22-50(42)74-53-33-39(78(70,71)72)25-28-45(53)63/h1-33H,(H,64,65,66)(H,67,68,69)(H,70,71,72). The molecule has 3 aliphatic rings. The molecule has 3 N–H and O–H groups in total. The van der Waals surface area contributed by atoms with Gasteiger partial charge in [0.25, 0.3) is 30.4 Å². The summed E-state index contributed by atoms with van der Waals surface area (Å²) in [5, 5.41) is 0. The van der Waals surface area contributed by atoms with E-state index in [1.165, 1.54) is 42.5 Å². The second-order valence-electron chi connectivity index (χ2n) is 17.9. The van der Waals surface area contributed by atoms with Crippen molar-refractivity contribution in [1.29, 1.82) is 0 Å². The third-order valence-electron chi connectivity index (χ3n) is 13.1. The Balaban J connectivity index is 1.23. The molecule has 21 heteroatoms. The Hall–Kier alpha value is -9.48. The normalized spacial score (nSPS) is 13.3. The predicted octanol–water partition coefficient (Wildman–Crippen LogP) is 13.3. The van der Waals surface area contributed by atoms with E-state index in [0.717, 1.165) is 12.1 Å². The summed E-state index contributed by atoms with van der Waals surface area (Å²) in [4.78, 5) is 19.2. The second-order valence-corrected chi connectivity index (χ2v) is 22.2. The van der Waals surface area contributed by atoms with Crippen molar-refractivity contribution in [3.8, 4) is 68.7 Å². The summed E-state index contributed by atoms with van der Waals surface area (Å²) in [6.45, 7) is 0. The van der Waals surface area contributed by atoms with Crippen LogP contribution in [0.2, 0.25) is 0 Å². The molecule has 78 heavy (non-hydrogen) atoms. The topological polar surface area (TPSA) is 239 Å². The van der Waals surface area contributed by atoms with E-state index in [4.69, 9.17) is 29.2 Å². The van der Waals surface area contributed by atoms with Crippen LogP contribution >= 0.6 is 0 Å². The number of rotatable bonds is 9. The Kier molecular flexibility index (Phi) is 11.2. The smallest absolute Gasteiger partial charge is 0.294 e. The third-order valence-corrected chi connectivity index (χ3v) is 15.7. The van der Waals surface area contributed by atoms with Gasteiger partial charge in [0.15, 0.2) is 52.0 Å². The molecule has 0 bridgehead atoms. The second kappa shape index (κ2) is 18.1. The molecule has 9 aromatic carbocycles. The SMILES string of the molecule is O=S(=O)(O)c1ccc2c(c1)Oc1cc(S(=O)(=O)O)ccc1N2c1cc(-c2nc(-c3ccccc3)nc(-c3ccccc3)n2)cc(N2c3ccccc3Oc3ccccc32)c1N1c2ccccc2Oc2cc(S(=O)(=O)O)ccc21. The summed E-state index contributed by atoms with van der Waals surface area (Å²) >= 11 is 0. The van der Waals surface area contributed by atoms with Gasteiger partial charge in [0, 0.05) is 34.9 Å². The van der Waals surface area contributed by atoms with Crippen LogP contribution in [0.3, 0.4) is 0 Å². The van der Waals surface area contributed by atoms with E-state index in [0.29, 0.717) is 68.3 Å². The molecule has 0 radical (unpaired) electrons. The molecule has 0 spiro atoms. The number of aromatic nitrogens is 3. The number of para-hydroxylation sites is 6. The van der Waals surface area contributed by atoms with Crippen LogP contribution in [0.15, 0.2) is 215 Å². The quantitative estimate of drug-likeness (QED) is 0.114. The van der Waals surface area contributed by atoms with Crippen molar-refractivity contribution >= 4 is 81.5 Å². The Morgan fingerprint density at radius 2 is 0.590 bits per heavy atom. The lowest BCUT2D eigenvalue weighted by Gasteiger charge is -2.42. The molecule has 0 saturated carbocycles. The van der Waals surface area contributed by atoms with Gasteiger partial charge in [0.1, 0.15) is 0 Å². The molecule has 4 heterocycles. The summed E-state index contributed by atoms with van der Waals surface area (Å²) in [6, 6.07) is 55.4. The average Bonchev–Trinajstić information content (AvgIpc) is 3.51. The Labute approximate surface area is 445 Å². The van der Waals surface area contributed by atoms with Crippen LogP contribution in [-0.4, -0.2) is 53.9 Å². The maximum absolute atomic E-state index is 12.8. The fourth-order valence-electron chi connectivity index (χ4n) is 9.69. The molecule has 0 saturated heterocycles. The largest absolute Gasteiger partial charge is 0.453 e. The summed E-state index contributed by atoms with van der Waals surface area (Å²) in [6.07, 6.45) is 0. The van der Waals surface area contributed by atoms with Gasteiger partial charge in [0.2, 0.25) is 0 Å². The Bertz CT molecular complexity index is 4310. The van der Waals surface area contributed by atoms with E-state index < -0.39 is 45.0 Å². The minimum Gasteiger partial charge on any atom is -0.453 e. The molecule has 18 nitrogen and oxygen atoms in total. The van der Waals surface area contributed by atoms with Gasteiger partial charge >= 0.3 is 0 Å². The van der Waals surface area contributed by atoms with E-state index in [1.807, 2.05) is 125 Å². The fraction of sp³-hybridized carbons (Fsp3) is 0. The molecule has 0 amide bonds. The molecule has 0 unspecified atom stereocenters. The zero-order valence-electron chi connectivity index (χ0n) is 40.0. The lowest BCUT2D eigenvalue weighted by molar-refractivity contribution is 0.464. The molecular formula is C57H36N6O12S3. The van der Waals surface area contributed by atoms with Crippen LogP contribution in [0.5, 0.6) is 34.5 Å². The van der Waals surface area contributed by atoms with E-state index in [1.54, 1.807) is 35.2 Å². The number of hydrogen-bond donors (Lipinski definition) is 3. The minimum atomic E-state index is -4.87. The summed E-state index contributed by atoms with van der Waals surface area (Å²) < 4.78 is 128. The Morgan fingerprint density at radius 1 is 0.295 bits per heavy atom. The lowest BCUT2D eigenvalue weighted by atomic mass is 10.0. The van der Waals surface area contributed by atoms with Gasteiger partial charge in [-0.3, -0.25) is 18.6 Å². The number of fused-ring (bicyclic) bond motifs is 6. The first-order valence-corrected chi connectivity index (χ1v) is 28.0. The highest BCUT2D eigenvalue weighted by Gasteiger charge is 2.39. The Morgan fingerprint density at radius 3 is 0.974 bits per heavy atom. The molecule has 3 aliphatic heterocycles. The predicted molar refractivity (Wildman–Crippen MR) is 290 cm³/mol. The highest BCUT2D eigenvalue weighted by molar-refractivity contribution is 7.86. The van der Waals surface area contributed by atoms with E-state index in [9.17, 15) is 38.9 Å². The minimum absolute atomic E-state index is 0.0171. The summed E-state index contributed by atoms with van der Waals surface area (Å²) in [5.41, 5.74) is 4.89. The van der Waals surface area contributed by atoms with Gasteiger partial charge < -0.3 is 24.0 Å². The zero-order chi connectivity index (χ0) is 53.7. The van der Waals surface area contributed by atoms with Crippen LogP contribution < -0.4 is 28.9 Å². The zero-order valence-corrected chi connectivity index (χ0v) is 42.4. The van der Waals surface area contributed by atoms with Crippen LogP contribution in [0.1, 0.15) is 0 Å². The molecule has 0 atom stereocenters. The summed E-state index contributed by atoms with van der Waals surface area (Å²) in [7, 11) is -14.5. The van der Waals surface area contributed by atoms with Gasteiger partial charge in [0.05, 0.1) is 65.9 Å². The number of anilines is 9. The van der Waals surface area contributed by atoms with Crippen molar-refractivity contribution in [2.75, 3.05) is 14.7 Å². The van der Waals surface area contributed by atoms with Gasteiger partial charge in [-0.25, -0.2) is 15.0 Å². The van der Waals surface area contributed by atoms with Gasteiger partial charge in [-0.15, -0.1) is 0 Å². The average molecular weight is 1090 g/mol. The molecular weight excluding hydrogens is 1060 g/mol. The maximum Gasteiger partial charge on any atom is 0.294 e. The maximum atomic E-state index is 12.8. The van der Waals surface area contributed by atoms with E-state index in [-0.39, 0.29) is 51.6 Å². The van der Waals surface area contributed by atoms with E-state index >= 15 is 0 Å². The number of benzene rings is 9. The van der Waals surface area contributed by atoms with Crippen molar-refractivity contribution in [1.82, 2.24) is 15.0 Å². The lowest BCUT2D eigenvalue weighted by Crippen LogP contribution is -2.25. The molecule has 13 rings (SSSR count). The molecule has 10 aromatic rings. The van der Waals surface area contributed by atoms with Crippen molar-refractivity contribution in [2.24, 2.45) is 0 Å². The summed E-state index contributed by atoms with van der Waals surface area (Å²) in [5.74, 6) is 1.72. The van der Waals surface area contributed by atoms with E-state index in [2.05, 4.69) is 0 Å². The third kappa shape index (κ3) is 8.39. The van der Waals surface area contributed by atoms with Gasteiger partial charge in [-0.1, -0.05) is 97.1 Å². The molecule has 0 aliphatic carbocycles. The first-order chi connectivity index (χ1) is 37.5.